The number of unbranched alkanes of at least 4 members (excludes halogenated alkanes) is 1. The van der Waals surface area contributed by atoms with Gasteiger partial charge in [-0.25, -0.2) is 0 Å². The van der Waals surface area contributed by atoms with Gasteiger partial charge >= 0.3 is 5.78 Å². The molecule has 10 aromatic carbocycles. The smallest absolute Gasteiger partial charge is 0.316 e. The molecular weight excluding hydrogens is 2560 g/mol. The predicted octanol–water partition coefficient (Wildman–Crippen LogP) is 28.3. The van der Waals surface area contributed by atoms with Gasteiger partial charge in [0.25, 0.3) is 0 Å². The molecule has 0 aliphatic rings. The van der Waals surface area contributed by atoms with Gasteiger partial charge in [-0.1, -0.05) is 217 Å². The van der Waals surface area contributed by atoms with Gasteiger partial charge in [-0.15, -0.1) is 177 Å². The van der Waals surface area contributed by atoms with Crippen molar-refractivity contribution in [2.75, 3.05) is 0 Å². The number of carbonyl (C=O) groups is 4. The third-order valence-corrected chi connectivity index (χ3v) is 18.6. The number of carbonyl (C=O) groups excluding carboxylic acids is 5. The van der Waals surface area contributed by atoms with Gasteiger partial charge in [0.2, 0.25) is 0 Å². The summed E-state index contributed by atoms with van der Waals surface area (Å²) in [4.78, 5) is 72.4. The summed E-state index contributed by atoms with van der Waals surface area (Å²) in [5.74, 6) is 0.167. The van der Waals surface area contributed by atoms with Gasteiger partial charge in [-0.05, 0) is 161 Å². The van der Waals surface area contributed by atoms with Crippen LogP contribution in [0.5, 0.6) is 0 Å². The predicted molar refractivity (Wildman–Crippen MR) is 532 cm³/mol. The first-order valence-electron chi connectivity index (χ1n) is 42.5. The van der Waals surface area contributed by atoms with Crippen molar-refractivity contribution in [2.24, 2.45) is 10.8 Å². The molecule has 5 heterocycles. The Bertz CT molecular complexity index is 5730. The van der Waals surface area contributed by atoms with Crippen molar-refractivity contribution in [3.63, 3.8) is 0 Å². The number of benzene rings is 10. The van der Waals surface area contributed by atoms with Crippen LogP contribution in [0.2, 0.25) is 0 Å². The second-order valence-corrected chi connectivity index (χ2v) is 32.7. The molecule has 0 aliphatic carbocycles. The van der Waals surface area contributed by atoms with Crippen molar-refractivity contribution in [1.82, 2.24) is 24.9 Å². The number of aromatic nitrogens is 5. The van der Waals surface area contributed by atoms with Crippen LogP contribution in [0.25, 0.3) is 110 Å². The molecule has 0 spiro atoms. The van der Waals surface area contributed by atoms with E-state index in [2.05, 4.69) is 235 Å². The Kier molecular flexibility index (Phi) is 55.9. The third kappa shape index (κ3) is 43.3. The van der Waals surface area contributed by atoms with Gasteiger partial charge in [-0.2, -0.15) is 0 Å². The molecule has 0 amide bonds. The van der Waals surface area contributed by atoms with Gasteiger partial charge in [-0.3, -0.25) is 24.0 Å². The van der Waals surface area contributed by atoms with E-state index in [1.54, 1.807) is 0 Å². The second-order valence-electron chi connectivity index (χ2n) is 32.7. The quantitative estimate of drug-likeness (QED) is 0.0311. The molecule has 0 saturated heterocycles. The summed E-state index contributed by atoms with van der Waals surface area (Å²) in [6.07, 6.45) is 19.0. The summed E-state index contributed by atoms with van der Waals surface area (Å²) in [6.45, 7) is 33.1. The van der Waals surface area contributed by atoms with Crippen LogP contribution in [0.4, 0.5) is 0 Å². The standard InChI is InChI=1S/C19H18N.4C16H12N.C11H20O2.4C5H8O2.5Ir/c1-2-3-6-15-9-11-17(12-10-15)19-18-8-5-4-7-16(18)13-14-20-19;4*1-12-6-8-14(9-7-12)16-15-5-3-2-4-13(15)10-11-17-16;1-10(2,3)8(12)7-9(13)11(4,5)6;4*1-4(6)3-5(2)7;;;;;/h4-5,7-11,13-14H,2-3,6H2,1H3;4*2-8,10-11H,1H3;7,12H,1-6H3;4*3,6H,1-2H3;;;;;/q5*-1;;;;;;;;;;/p+1. The maximum Gasteiger partial charge on any atom is 0.316 e. The summed E-state index contributed by atoms with van der Waals surface area (Å²) < 4.78 is 0. The Balaban J connectivity index is 0.000000758. The average molecular weight is 2680 g/mol. The Morgan fingerprint density at radius 3 is 0.709 bits per heavy atom. The number of hydrogen-bond acceptors (Lipinski definition) is 14. The zero-order chi connectivity index (χ0) is 94.8. The van der Waals surface area contributed by atoms with Crippen molar-refractivity contribution in [3.8, 4) is 56.3 Å². The summed E-state index contributed by atoms with van der Waals surface area (Å²) in [7, 11) is 0. The number of hydrogen-bond donors (Lipinski definition) is 5. The van der Waals surface area contributed by atoms with Crippen molar-refractivity contribution in [2.45, 2.75) is 151 Å². The van der Waals surface area contributed by atoms with Crippen LogP contribution in [-0.2, 0) is 126 Å². The summed E-state index contributed by atoms with van der Waals surface area (Å²) in [6, 6.07) is 99.4. The Morgan fingerprint density at radius 2 is 0.545 bits per heavy atom. The van der Waals surface area contributed by atoms with E-state index in [1.807, 2.05) is 170 Å². The molecule has 5 radical (unpaired) electrons. The Morgan fingerprint density at radius 1 is 0.313 bits per heavy atom. The minimum absolute atomic E-state index is 0. The molecule has 0 saturated carbocycles. The number of pyridine rings is 5. The number of aliphatic hydroxyl groups excluding tert-OH is 5. The fourth-order valence-electron chi connectivity index (χ4n) is 12.2. The van der Waals surface area contributed by atoms with Crippen LogP contribution >= 0.6 is 0 Å². The van der Waals surface area contributed by atoms with E-state index in [0.29, 0.717) is 0 Å². The molecule has 134 heavy (non-hydrogen) atoms. The van der Waals surface area contributed by atoms with Crippen molar-refractivity contribution in [3.05, 3.63) is 391 Å². The molecule has 0 atom stereocenters. The Hall–Kier alpha value is -11.5. The van der Waals surface area contributed by atoms with E-state index in [1.165, 1.54) is 180 Å². The number of nitrogens with zero attached hydrogens (tertiary/aromatic N) is 5. The number of rotatable bonds is 13. The number of aliphatic hydroxyl groups is 5. The normalized spacial score (nSPS) is 10.8. The molecule has 0 aliphatic heterocycles. The molecule has 20 heteroatoms. The molecule has 0 unspecified atom stereocenters. The molecule has 15 aromatic rings. The van der Waals surface area contributed by atoms with Crippen molar-refractivity contribution in [1.29, 1.82) is 0 Å². The summed E-state index contributed by atoms with van der Waals surface area (Å²) >= 11 is 0. The third-order valence-electron chi connectivity index (χ3n) is 18.6. The van der Waals surface area contributed by atoms with Gasteiger partial charge in [0.05, 0.1) is 36.0 Å². The maximum absolute atomic E-state index is 11.5. The minimum Gasteiger partial charge on any atom is -0.512 e. The topological polar surface area (TPSA) is 255 Å². The molecule has 0 fully saturated rings. The van der Waals surface area contributed by atoms with Crippen molar-refractivity contribution < 1.29 is 150 Å². The first kappa shape index (κ1) is 121. The average Bonchev–Trinajstić information content (AvgIpc) is 0.828. The van der Waals surface area contributed by atoms with Gasteiger partial charge in [0, 0.05) is 167 Å². The monoisotopic (exact) mass is 2680 g/mol. The van der Waals surface area contributed by atoms with Gasteiger partial charge in [0.1, 0.15) is 5.76 Å². The number of aryl methyl sites for hydroxylation is 5. The first-order valence-corrected chi connectivity index (χ1v) is 42.5. The van der Waals surface area contributed by atoms with E-state index in [0.717, 1.165) is 62.7 Å². The number of allylic oxidation sites excluding steroid dienone is 10. The second kappa shape index (κ2) is 62.2. The fraction of sp³-hybridized carbons (Fsp3) is 0.211. The number of ketones is 5. The first-order chi connectivity index (χ1) is 61.3. The molecule has 15 rings (SSSR count). The van der Waals surface area contributed by atoms with Crippen LogP contribution in [0, 0.1) is 68.9 Å². The van der Waals surface area contributed by atoms with Crippen LogP contribution in [0.1, 0.15) is 145 Å². The van der Waals surface area contributed by atoms with E-state index in [-0.39, 0.29) is 164 Å². The molecule has 6 N–H and O–H groups in total. The molecule has 5 aromatic heterocycles. The van der Waals surface area contributed by atoms with Crippen LogP contribution in [0.15, 0.2) is 333 Å². The largest absolute Gasteiger partial charge is 0.512 e. The maximum atomic E-state index is 11.5. The van der Waals surface area contributed by atoms with E-state index >= 15 is 0 Å². The summed E-state index contributed by atoms with van der Waals surface area (Å²) in [5, 5.41) is 55.0. The van der Waals surface area contributed by atoms with Gasteiger partial charge < -0.3 is 50.5 Å². The van der Waals surface area contributed by atoms with Crippen molar-refractivity contribution >= 4 is 82.8 Å². The van der Waals surface area contributed by atoms with E-state index < -0.39 is 5.41 Å². The molecule has 0 bridgehead atoms. The number of fused-ring (bicyclic) bond motifs is 5. The summed E-state index contributed by atoms with van der Waals surface area (Å²) in [5.41, 5.74) is 15.8. The molecular formula is C114H119Ir5N5O10-4. The van der Waals surface area contributed by atoms with Gasteiger partial charge in [0.15, 0.2) is 23.1 Å². The minimum atomic E-state index is -0.417. The Labute approximate surface area is 858 Å². The molecule has 709 valence electrons. The van der Waals surface area contributed by atoms with Crippen LogP contribution < -0.4 is 0 Å². The van der Waals surface area contributed by atoms with E-state index in [9.17, 15) is 24.3 Å². The molecule has 15 nitrogen and oxygen atoms in total. The van der Waals surface area contributed by atoms with E-state index in [4.69, 9.17) is 25.2 Å². The zero-order valence-electron chi connectivity index (χ0n) is 79.2. The fourth-order valence-corrected chi connectivity index (χ4v) is 12.2. The van der Waals surface area contributed by atoms with Crippen LogP contribution in [-0.4, -0.2) is 84.2 Å². The van der Waals surface area contributed by atoms with Crippen LogP contribution in [0.3, 0.4) is 0 Å². The SMILES string of the molecule is CC(=O)C=C(C)O.CC(=O)C=C(C)O.CC(=O)C=C(C)O.CC(=[OH+])C=C(C)O.CC(C)(C)C(=O)C=C(O)C(C)(C)C.CCCCc1c[c-]c(-c2nccc3ccccc23)cc1.Cc1c[c-]c(-c2nccc3ccccc23)cc1.Cc1c[c-]c(-c2nccc3ccccc23)cc1.Cc1c[c-]c(-c2nccc3ccccc23)cc1.Cc1c[c-]c(-c2nccc3ccccc23)cc1.[Ir].[Ir].[Ir].[Ir].[Ir]. The zero-order valence-corrected chi connectivity index (χ0v) is 91.2.